The van der Waals surface area contributed by atoms with Crippen LogP contribution in [0.4, 0.5) is 0 Å². The number of thiazole rings is 1. The van der Waals surface area contributed by atoms with Gasteiger partial charge >= 0.3 is 5.97 Å². The minimum Gasteiger partial charge on any atom is -0.476 e. The summed E-state index contributed by atoms with van der Waals surface area (Å²) in [4.78, 5) is 27.1. The zero-order chi connectivity index (χ0) is 14.9. The zero-order valence-corrected chi connectivity index (χ0v) is 12.1. The van der Waals surface area contributed by atoms with Crippen molar-refractivity contribution in [3.63, 3.8) is 0 Å². The quantitative estimate of drug-likeness (QED) is 0.740. The second kappa shape index (κ2) is 5.47. The number of carbonyl (C=O) groups is 2. The second-order valence-corrected chi connectivity index (χ2v) is 6.00. The first-order valence-corrected chi connectivity index (χ1v) is 7.05. The van der Waals surface area contributed by atoms with E-state index < -0.39 is 11.4 Å². The molecule has 1 aliphatic heterocycles. The van der Waals surface area contributed by atoms with E-state index >= 15 is 0 Å². The highest BCUT2D eigenvalue weighted by Gasteiger charge is 2.44. The van der Waals surface area contributed by atoms with E-state index in [1.165, 1.54) is 16.7 Å². The molecule has 0 spiro atoms. The summed E-state index contributed by atoms with van der Waals surface area (Å²) in [7, 11) is 0. The number of nitrogens with one attached hydrogen (secondary N) is 1. The highest BCUT2D eigenvalue weighted by molar-refractivity contribution is 7.09. The number of carbonyl (C=O) groups excluding carboxylic acids is 1. The molecular formula is C12H17N3O4S. The number of hydrogen-bond acceptors (Lipinski definition) is 6. The van der Waals surface area contributed by atoms with Gasteiger partial charge in [-0.05, 0) is 13.8 Å². The van der Waals surface area contributed by atoms with E-state index in [1.807, 2.05) is 0 Å². The van der Waals surface area contributed by atoms with Crippen LogP contribution in [-0.4, -0.2) is 41.2 Å². The molecule has 1 aromatic rings. The van der Waals surface area contributed by atoms with Gasteiger partial charge in [-0.2, -0.15) is 0 Å². The smallest absolute Gasteiger partial charge is 0.355 e. The maximum Gasteiger partial charge on any atom is 0.355 e. The number of nitrogens with two attached hydrogens (primary N) is 1. The molecule has 2 rings (SSSR count). The largest absolute Gasteiger partial charge is 0.476 e. The molecule has 1 amide bonds. The third kappa shape index (κ3) is 2.67. The summed E-state index contributed by atoms with van der Waals surface area (Å²) in [6.07, 6.45) is 0. The van der Waals surface area contributed by atoms with Gasteiger partial charge in [-0.1, -0.05) is 0 Å². The molecule has 0 saturated carbocycles. The normalized spacial score (nSPS) is 27.2. The van der Waals surface area contributed by atoms with E-state index in [0.29, 0.717) is 11.6 Å². The number of hydrogen-bond donors (Lipinski definition) is 3. The molecule has 4 N–H and O–H groups in total. The van der Waals surface area contributed by atoms with Gasteiger partial charge in [0.25, 0.3) is 0 Å². The molecule has 1 aromatic heterocycles. The summed E-state index contributed by atoms with van der Waals surface area (Å²) in [6, 6.07) is -0.717. The maximum absolute atomic E-state index is 12.3. The summed E-state index contributed by atoms with van der Waals surface area (Å²) in [5.74, 6) is -1.29. The number of rotatable bonds is 4. The van der Waals surface area contributed by atoms with Crippen LogP contribution in [0.15, 0.2) is 5.38 Å². The van der Waals surface area contributed by atoms with Gasteiger partial charge in [0.2, 0.25) is 5.91 Å². The van der Waals surface area contributed by atoms with Crippen molar-refractivity contribution in [2.24, 2.45) is 11.1 Å². The Hall–Kier alpha value is -1.51. The van der Waals surface area contributed by atoms with Gasteiger partial charge in [0.15, 0.2) is 5.69 Å². The first kappa shape index (κ1) is 14.9. The molecule has 1 fully saturated rings. The minimum absolute atomic E-state index is 0.0155. The molecule has 3 unspecified atom stereocenters. The van der Waals surface area contributed by atoms with Crippen molar-refractivity contribution in [1.29, 1.82) is 0 Å². The van der Waals surface area contributed by atoms with E-state index in [0.717, 1.165) is 0 Å². The highest BCUT2D eigenvalue weighted by atomic mass is 32.1. The fourth-order valence-corrected chi connectivity index (χ4v) is 2.73. The Bertz CT molecular complexity index is 533. The molecule has 0 bridgehead atoms. The molecule has 20 heavy (non-hydrogen) atoms. The van der Waals surface area contributed by atoms with Crippen LogP contribution >= 0.6 is 11.3 Å². The van der Waals surface area contributed by atoms with Crippen LogP contribution in [-0.2, 0) is 9.53 Å². The minimum atomic E-state index is -1.08. The summed E-state index contributed by atoms with van der Waals surface area (Å²) in [6.45, 7) is 4.16. The molecule has 0 radical (unpaired) electrons. The van der Waals surface area contributed by atoms with Gasteiger partial charge in [-0.15, -0.1) is 11.3 Å². The monoisotopic (exact) mass is 299 g/mol. The lowest BCUT2D eigenvalue weighted by Gasteiger charge is -2.27. The summed E-state index contributed by atoms with van der Waals surface area (Å²) in [5, 5.41) is 13.7. The lowest BCUT2D eigenvalue weighted by atomic mass is 9.84. The Morgan fingerprint density at radius 2 is 2.40 bits per heavy atom. The standard InChI is InChI=1S/C12H17N3O4S/c1-6(9-15-7(4-20-9)10(16)17)14-11(18)12(2)5-19-3-8(12)13/h4,6,8H,3,5,13H2,1-2H3,(H,14,18)(H,16,17). The molecule has 0 aromatic carbocycles. The number of ether oxygens (including phenoxy) is 1. The van der Waals surface area contributed by atoms with Gasteiger partial charge in [0.05, 0.1) is 24.7 Å². The molecule has 1 saturated heterocycles. The fourth-order valence-electron chi connectivity index (χ4n) is 1.93. The van der Waals surface area contributed by atoms with Gasteiger partial charge in [-0.25, -0.2) is 9.78 Å². The van der Waals surface area contributed by atoms with E-state index in [2.05, 4.69) is 10.3 Å². The molecule has 2 heterocycles. The maximum atomic E-state index is 12.3. The Morgan fingerprint density at radius 3 is 2.90 bits per heavy atom. The van der Waals surface area contributed by atoms with E-state index in [9.17, 15) is 9.59 Å². The van der Waals surface area contributed by atoms with Crippen molar-refractivity contribution in [2.75, 3.05) is 13.2 Å². The second-order valence-electron chi connectivity index (χ2n) is 5.11. The van der Waals surface area contributed by atoms with Crippen LogP contribution in [0.5, 0.6) is 0 Å². The predicted octanol–water partition coefficient (Wildman–Crippen LogP) is 0.382. The van der Waals surface area contributed by atoms with Gasteiger partial charge in [-0.3, -0.25) is 4.79 Å². The van der Waals surface area contributed by atoms with Crippen molar-refractivity contribution in [1.82, 2.24) is 10.3 Å². The Kier molecular flexibility index (Phi) is 4.07. The molecule has 3 atom stereocenters. The Labute approximate surface area is 120 Å². The molecule has 8 heteroatoms. The average molecular weight is 299 g/mol. The molecular weight excluding hydrogens is 282 g/mol. The molecule has 0 aliphatic carbocycles. The number of aromatic nitrogens is 1. The van der Waals surface area contributed by atoms with Crippen LogP contribution in [0.25, 0.3) is 0 Å². The van der Waals surface area contributed by atoms with E-state index in [-0.39, 0.29) is 30.3 Å². The number of carboxylic acids is 1. The number of nitrogens with zero attached hydrogens (tertiary/aromatic N) is 1. The van der Waals surface area contributed by atoms with Gasteiger partial charge in [0, 0.05) is 11.4 Å². The van der Waals surface area contributed by atoms with Crippen molar-refractivity contribution in [3.8, 4) is 0 Å². The Morgan fingerprint density at radius 1 is 1.70 bits per heavy atom. The lowest BCUT2D eigenvalue weighted by molar-refractivity contribution is -0.131. The number of amides is 1. The molecule has 110 valence electrons. The van der Waals surface area contributed by atoms with Crippen LogP contribution in [0.3, 0.4) is 0 Å². The predicted molar refractivity (Wildman–Crippen MR) is 72.5 cm³/mol. The lowest BCUT2D eigenvalue weighted by Crippen LogP contribution is -2.50. The van der Waals surface area contributed by atoms with Gasteiger partial charge in [0.1, 0.15) is 5.01 Å². The topological polar surface area (TPSA) is 115 Å². The summed E-state index contributed by atoms with van der Waals surface area (Å²) in [5.41, 5.74) is 5.12. The van der Waals surface area contributed by atoms with Crippen LogP contribution in [0, 0.1) is 5.41 Å². The van der Waals surface area contributed by atoms with Crippen LogP contribution < -0.4 is 11.1 Å². The number of carboxylic acid groups (broad SMARTS) is 1. The van der Waals surface area contributed by atoms with E-state index in [4.69, 9.17) is 15.6 Å². The zero-order valence-electron chi connectivity index (χ0n) is 11.3. The van der Waals surface area contributed by atoms with Crippen molar-refractivity contribution in [2.45, 2.75) is 25.9 Å². The first-order chi connectivity index (χ1) is 9.34. The molecule has 7 nitrogen and oxygen atoms in total. The van der Waals surface area contributed by atoms with Crippen LogP contribution in [0.2, 0.25) is 0 Å². The fraction of sp³-hybridized carbons (Fsp3) is 0.583. The third-order valence-corrected chi connectivity index (χ3v) is 4.52. The van der Waals surface area contributed by atoms with Gasteiger partial charge < -0.3 is 20.9 Å². The van der Waals surface area contributed by atoms with Crippen molar-refractivity contribution in [3.05, 3.63) is 16.1 Å². The highest BCUT2D eigenvalue weighted by Crippen LogP contribution is 2.28. The molecule has 1 aliphatic rings. The Balaban J connectivity index is 2.05. The van der Waals surface area contributed by atoms with Crippen LogP contribution in [0.1, 0.15) is 35.4 Å². The number of aromatic carboxylic acids is 1. The summed E-state index contributed by atoms with van der Waals surface area (Å²) < 4.78 is 5.24. The third-order valence-electron chi connectivity index (χ3n) is 3.50. The average Bonchev–Trinajstić information content (AvgIpc) is 2.98. The van der Waals surface area contributed by atoms with Crippen molar-refractivity contribution >= 4 is 23.2 Å². The SMILES string of the molecule is CC(NC(=O)C1(C)COCC1N)c1nc(C(=O)O)cs1. The van der Waals surface area contributed by atoms with E-state index in [1.54, 1.807) is 13.8 Å². The van der Waals surface area contributed by atoms with Crippen molar-refractivity contribution < 1.29 is 19.4 Å². The first-order valence-electron chi connectivity index (χ1n) is 6.17. The summed E-state index contributed by atoms with van der Waals surface area (Å²) >= 11 is 1.20.